The molecule has 16 heteroatoms. The van der Waals surface area contributed by atoms with Gasteiger partial charge in [-0.05, 0) is 94.6 Å². The van der Waals surface area contributed by atoms with Crippen LogP contribution in [0.5, 0.6) is 17.6 Å². The maximum absolute atomic E-state index is 12.7. The lowest BCUT2D eigenvalue weighted by molar-refractivity contribution is -0.138. The maximum Gasteiger partial charge on any atom is 0.302 e. The summed E-state index contributed by atoms with van der Waals surface area (Å²) in [7, 11) is 1.35. The van der Waals surface area contributed by atoms with E-state index in [1.54, 1.807) is 34.5 Å². The molecule has 3 aromatic heterocycles. The first-order valence-corrected chi connectivity index (χ1v) is 31.7. The fraction of sp³-hybridized carbons (Fsp3) is 0.342. The summed E-state index contributed by atoms with van der Waals surface area (Å²) in [5, 5.41) is 7.42. The molecule has 0 spiro atoms. The van der Waals surface area contributed by atoms with Crippen LogP contribution in [0, 0.1) is 41.5 Å². The minimum Gasteiger partial charge on any atom is -0.481 e. The lowest BCUT2D eigenvalue weighted by atomic mass is 10.2. The number of hydrogen-bond acceptors (Lipinski definition) is 12. The third kappa shape index (κ3) is 31.2. The number of carboxylic acids is 1. The second-order valence-electron chi connectivity index (χ2n) is 17.2. The number of benzene rings is 6. The molecule has 0 aliphatic heterocycles. The van der Waals surface area contributed by atoms with Gasteiger partial charge >= 0.3 is 5.97 Å². The zero-order chi connectivity index (χ0) is 70.6. The van der Waals surface area contributed by atoms with Crippen molar-refractivity contribution in [2.75, 3.05) is 7.11 Å². The van der Waals surface area contributed by atoms with Gasteiger partial charge < -0.3 is 24.1 Å². The summed E-state index contributed by atoms with van der Waals surface area (Å²) >= 11 is 0. The van der Waals surface area contributed by atoms with Gasteiger partial charge in [0.05, 0.1) is 40.9 Å². The van der Waals surface area contributed by atoms with Gasteiger partial charge in [0.1, 0.15) is 37.3 Å². The summed E-state index contributed by atoms with van der Waals surface area (Å²) in [6.45, 7) is 42.3. The number of rotatable bonds is 12. The molecule has 16 nitrogen and oxygen atoms in total. The predicted molar refractivity (Wildman–Crippen MR) is 381 cm³/mol. The van der Waals surface area contributed by atoms with Gasteiger partial charge in [-0.1, -0.05) is 243 Å². The van der Waals surface area contributed by atoms with E-state index in [9.17, 15) is 19.2 Å². The number of esters is 1. The van der Waals surface area contributed by atoms with Crippen molar-refractivity contribution in [3.63, 3.8) is 0 Å². The Kier molecular flexibility index (Phi) is 50.0. The third-order valence-corrected chi connectivity index (χ3v) is 11.3. The van der Waals surface area contributed by atoms with E-state index in [0.29, 0.717) is 71.6 Å². The second-order valence-corrected chi connectivity index (χ2v) is 17.2. The minimum absolute atomic E-state index is 0.105. The number of aliphatic carboxylic acids is 1. The summed E-state index contributed by atoms with van der Waals surface area (Å²) in [6.07, 6.45) is 0. The second kappa shape index (κ2) is 53.2. The molecule has 0 radical (unpaired) electrons. The van der Waals surface area contributed by atoms with Crippen molar-refractivity contribution in [3.8, 4) is 34.7 Å². The van der Waals surface area contributed by atoms with Crippen LogP contribution in [0.1, 0.15) is 162 Å². The van der Waals surface area contributed by atoms with Gasteiger partial charge in [0.2, 0.25) is 17.6 Å². The topological polar surface area (TPSA) is 196 Å². The van der Waals surface area contributed by atoms with E-state index in [-0.39, 0.29) is 22.6 Å². The number of nitrogens with zero attached hydrogens (tertiary/aromatic N) is 6. The Morgan fingerprint density at radius 1 is 0.348 bits per heavy atom. The Balaban J connectivity index is -0.00000111. The van der Waals surface area contributed by atoms with Crippen LogP contribution in [0.15, 0.2) is 196 Å². The number of carbonyl (C=O) groups is 2. The molecule has 0 fully saturated rings. The van der Waals surface area contributed by atoms with Crippen molar-refractivity contribution < 1.29 is 33.6 Å². The highest BCUT2D eigenvalue weighted by molar-refractivity contribution is 5.65. The molecule has 0 unspecified atom stereocenters. The van der Waals surface area contributed by atoms with Gasteiger partial charge in [-0.2, -0.15) is 15.0 Å². The highest BCUT2D eigenvalue weighted by Crippen LogP contribution is 2.19. The molecular formula is C76H106N6O10. The molecule has 0 bridgehead atoms. The van der Waals surface area contributed by atoms with Crippen molar-refractivity contribution in [1.82, 2.24) is 28.7 Å². The normalized spacial score (nSPS) is 8.99. The highest BCUT2D eigenvalue weighted by Gasteiger charge is 2.16. The molecule has 6 aromatic carbocycles. The molecule has 0 amide bonds. The molecule has 0 atom stereocenters. The standard InChI is InChI=1S/3C19H18N2O2.C3H6O2.C2H4O2.7C2H6/c3*1-14-18(23-13-16-9-5-3-6-10-16)20-15(2)21(19(14)22)17-11-7-4-8-12-17;1-3(4)5-2;1-2(3)4;7*1-2/h3*3-12H,13H2,1-2H3;1-2H3;1H3,(H,3,4);7*1-2H3. The fourth-order valence-electron chi connectivity index (χ4n) is 7.30. The van der Waals surface area contributed by atoms with E-state index in [1.807, 2.05) is 300 Å². The zero-order valence-corrected chi connectivity index (χ0v) is 59.2. The number of aryl methyl sites for hydroxylation is 3. The van der Waals surface area contributed by atoms with E-state index >= 15 is 0 Å². The lowest BCUT2D eigenvalue weighted by Gasteiger charge is -2.14. The Bertz CT molecular complexity index is 3170. The number of para-hydroxylation sites is 3. The molecule has 1 N–H and O–H groups in total. The van der Waals surface area contributed by atoms with Crippen LogP contribution in [-0.4, -0.2) is 52.8 Å². The molecule has 0 aliphatic carbocycles. The predicted octanol–water partition coefficient (Wildman–Crippen LogP) is 17.7. The van der Waals surface area contributed by atoms with Crippen molar-refractivity contribution in [1.29, 1.82) is 0 Å². The average molecular weight is 1260 g/mol. The summed E-state index contributed by atoms with van der Waals surface area (Å²) in [5.41, 5.74) is 6.75. The molecular weight excluding hydrogens is 1160 g/mol. The number of hydrogen-bond donors (Lipinski definition) is 1. The number of carbonyl (C=O) groups excluding carboxylic acids is 1. The summed E-state index contributed by atoms with van der Waals surface area (Å²) in [4.78, 5) is 70.0. The van der Waals surface area contributed by atoms with Crippen molar-refractivity contribution >= 4 is 11.9 Å². The van der Waals surface area contributed by atoms with E-state index in [0.717, 1.165) is 40.7 Å². The van der Waals surface area contributed by atoms with Crippen molar-refractivity contribution in [2.24, 2.45) is 0 Å². The molecule has 9 rings (SSSR count). The van der Waals surface area contributed by atoms with Gasteiger partial charge in [0.15, 0.2) is 0 Å². The third-order valence-electron chi connectivity index (χ3n) is 11.3. The SMILES string of the molecule is CC.CC.CC.CC.CC.CC.CC.CC(=O)O.COC(C)=O.Cc1c(OCc2ccccc2)nc(C)n(-c2ccccc2)c1=O.Cc1c(OCc2ccccc2)nc(C)n(-c2ccccc2)c1=O.Cc1c(OCc2ccccc2)nc(C)n(-c2ccccc2)c1=O. The number of aromatic nitrogens is 6. The number of carboxylic acid groups (broad SMARTS) is 1. The quantitative estimate of drug-likeness (QED) is 0.114. The van der Waals surface area contributed by atoms with E-state index in [1.165, 1.54) is 14.0 Å². The van der Waals surface area contributed by atoms with E-state index < -0.39 is 5.97 Å². The van der Waals surface area contributed by atoms with Crippen LogP contribution < -0.4 is 30.9 Å². The van der Waals surface area contributed by atoms with Crippen LogP contribution in [0.4, 0.5) is 0 Å². The first-order chi connectivity index (χ1) is 44.5. The number of ether oxygens (including phenoxy) is 4. The summed E-state index contributed by atoms with van der Waals surface area (Å²) < 4.78 is 26.2. The smallest absolute Gasteiger partial charge is 0.302 e. The Morgan fingerprint density at radius 3 is 0.674 bits per heavy atom. The van der Waals surface area contributed by atoms with Crippen molar-refractivity contribution in [3.05, 3.63) is 264 Å². The molecule has 3 heterocycles. The lowest BCUT2D eigenvalue weighted by Crippen LogP contribution is -2.25. The Morgan fingerprint density at radius 2 is 0.511 bits per heavy atom. The first kappa shape index (κ1) is 86.5. The molecule has 500 valence electrons. The van der Waals surface area contributed by atoms with Gasteiger partial charge in [-0.15, -0.1) is 0 Å². The average Bonchev–Trinajstić information content (AvgIpc) is 0.831. The molecule has 0 saturated carbocycles. The summed E-state index contributed by atoms with van der Waals surface area (Å²) in [6, 6.07) is 58.0. The molecule has 0 saturated heterocycles. The van der Waals surface area contributed by atoms with E-state index in [2.05, 4.69) is 19.7 Å². The Labute approximate surface area is 549 Å². The van der Waals surface area contributed by atoms with Gasteiger partial charge in [0, 0.05) is 13.8 Å². The minimum atomic E-state index is -0.833. The van der Waals surface area contributed by atoms with Gasteiger partial charge in [-0.3, -0.25) is 37.7 Å². The van der Waals surface area contributed by atoms with Gasteiger partial charge in [-0.25, -0.2) is 0 Å². The van der Waals surface area contributed by atoms with Crippen LogP contribution in [0.3, 0.4) is 0 Å². The van der Waals surface area contributed by atoms with Crippen LogP contribution in [-0.2, 0) is 34.1 Å². The largest absolute Gasteiger partial charge is 0.481 e. The maximum atomic E-state index is 12.7. The zero-order valence-electron chi connectivity index (χ0n) is 59.2. The van der Waals surface area contributed by atoms with Gasteiger partial charge in [0.25, 0.3) is 22.6 Å². The Hall–Kier alpha value is -9.70. The monoisotopic (exact) mass is 1260 g/mol. The molecule has 9 aromatic rings. The van der Waals surface area contributed by atoms with E-state index in [4.69, 9.17) is 24.1 Å². The molecule has 92 heavy (non-hydrogen) atoms. The number of methoxy groups -OCH3 is 1. The van der Waals surface area contributed by atoms with Crippen LogP contribution >= 0.6 is 0 Å². The first-order valence-electron chi connectivity index (χ1n) is 31.7. The molecule has 0 aliphatic rings. The summed E-state index contributed by atoms with van der Waals surface area (Å²) in [5.74, 6) is 1.92. The highest BCUT2D eigenvalue weighted by atomic mass is 16.5. The van der Waals surface area contributed by atoms with Crippen LogP contribution in [0.25, 0.3) is 17.1 Å². The van der Waals surface area contributed by atoms with Crippen LogP contribution in [0.2, 0.25) is 0 Å². The van der Waals surface area contributed by atoms with Crippen molar-refractivity contribution in [2.45, 2.75) is 172 Å². The fourth-order valence-corrected chi connectivity index (χ4v) is 7.30.